The molecular formula is C17H19BrN2O4S. The molecule has 0 saturated carbocycles. The van der Waals surface area contributed by atoms with Crippen molar-refractivity contribution in [3.05, 3.63) is 53.0 Å². The topological polar surface area (TPSA) is 84.5 Å². The highest BCUT2D eigenvalue weighted by molar-refractivity contribution is 9.10. The van der Waals surface area contributed by atoms with Gasteiger partial charge in [-0.15, -0.1) is 0 Å². The molecule has 0 spiro atoms. The van der Waals surface area contributed by atoms with Crippen LogP contribution in [0.4, 0.5) is 5.69 Å². The van der Waals surface area contributed by atoms with E-state index < -0.39 is 10.0 Å². The van der Waals surface area contributed by atoms with E-state index in [-0.39, 0.29) is 23.8 Å². The van der Waals surface area contributed by atoms with E-state index >= 15 is 0 Å². The van der Waals surface area contributed by atoms with Crippen molar-refractivity contribution in [1.82, 2.24) is 4.72 Å². The van der Waals surface area contributed by atoms with Gasteiger partial charge in [0.25, 0.3) is 0 Å². The van der Waals surface area contributed by atoms with Gasteiger partial charge >= 0.3 is 0 Å². The molecule has 0 heterocycles. The predicted molar refractivity (Wildman–Crippen MR) is 100 cm³/mol. The first kappa shape index (κ1) is 19.4. The maximum absolute atomic E-state index is 12.1. The lowest BCUT2D eigenvalue weighted by molar-refractivity contribution is -0.116. The van der Waals surface area contributed by atoms with Crippen molar-refractivity contribution in [3.63, 3.8) is 0 Å². The van der Waals surface area contributed by atoms with Gasteiger partial charge in [0.15, 0.2) is 0 Å². The lowest BCUT2D eigenvalue weighted by Crippen LogP contribution is -2.27. The third kappa shape index (κ3) is 6.15. The van der Waals surface area contributed by atoms with E-state index in [9.17, 15) is 13.2 Å². The Balaban J connectivity index is 1.82. The van der Waals surface area contributed by atoms with Crippen molar-refractivity contribution in [1.29, 1.82) is 0 Å². The fraction of sp³-hybridized carbons (Fsp3) is 0.235. The second kappa shape index (κ2) is 8.98. The lowest BCUT2D eigenvalue weighted by atomic mass is 10.3. The van der Waals surface area contributed by atoms with E-state index in [4.69, 9.17) is 4.74 Å². The van der Waals surface area contributed by atoms with Gasteiger partial charge in [-0.1, -0.05) is 15.9 Å². The minimum Gasteiger partial charge on any atom is -0.494 e. The third-order valence-electron chi connectivity index (χ3n) is 3.22. The molecule has 2 N–H and O–H groups in total. The summed E-state index contributed by atoms with van der Waals surface area (Å²) in [6, 6.07) is 13.3. The molecule has 1 amide bonds. The monoisotopic (exact) mass is 426 g/mol. The van der Waals surface area contributed by atoms with Crippen molar-refractivity contribution in [2.45, 2.75) is 18.2 Å². The molecule has 0 fully saturated rings. The molecule has 0 bridgehead atoms. The van der Waals surface area contributed by atoms with Crippen LogP contribution in [-0.2, 0) is 14.8 Å². The van der Waals surface area contributed by atoms with E-state index in [1.807, 2.05) is 6.92 Å². The van der Waals surface area contributed by atoms with Crippen molar-refractivity contribution < 1.29 is 17.9 Å². The number of hydrogen-bond donors (Lipinski definition) is 2. The van der Waals surface area contributed by atoms with Gasteiger partial charge in [-0.25, -0.2) is 13.1 Å². The number of hydrogen-bond acceptors (Lipinski definition) is 4. The molecule has 2 aromatic rings. The molecule has 8 heteroatoms. The number of anilines is 1. The van der Waals surface area contributed by atoms with Crippen LogP contribution in [0.15, 0.2) is 57.9 Å². The number of nitrogens with one attached hydrogen (secondary N) is 2. The van der Waals surface area contributed by atoms with Gasteiger partial charge in [-0.05, 0) is 55.5 Å². The fourth-order valence-corrected chi connectivity index (χ4v) is 3.32. The van der Waals surface area contributed by atoms with Crippen LogP contribution >= 0.6 is 15.9 Å². The minimum atomic E-state index is -3.62. The summed E-state index contributed by atoms with van der Waals surface area (Å²) in [6.07, 6.45) is 0.0307. The molecule has 0 aromatic heterocycles. The van der Waals surface area contributed by atoms with Crippen LogP contribution in [-0.4, -0.2) is 27.5 Å². The zero-order chi connectivity index (χ0) is 18.3. The Labute approximate surface area is 155 Å². The van der Waals surface area contributed by atoms with Crippen LogP contribution in [0.1, 0.15) is 13.3 Å². The Morgan fingerprint density at radius 1 is 1.08 bits per heavy atom. The predicted octanol–water partition coefficient (Wildman–Crippen LogP) is 3.15. The number of halogens is 1. The molecule has 25 heavy (non-hydrogen) atoms. The Kier molecular flexibility index (Phi) is 6.98. The largest absolute Gasteiger partial charge is 0.494 e. The Hall–Kier alpha value is -1.90. The van der Waals surface area contributed by atoms with Crippen LogP contribution in [0.2, 0.25) is 0 Å². The van der Waals surface area contributed by atoms with Gasteiger partial charge in [-0.2, -0.15) is 0 Å². The second-order valence-corrected chi connectivity index (χ2v) is 7.79. The number of amides is 1. The van der Waals surface area contributed by atoms with Gasteiger partial charge in [0.2, 0.25) is 15.9 Å². The van der Waals surface area contributed by atoms with Gasteiger partial charge in [0.1, 0.15) is 5.75 Å². The van der Waals surface area contributed by atoms with Crippen LogP contribution in [0.25, 0.3) is 0 Å². The summed E-state index contributed by atoms with van der Waals surface area (Å²) in [5.74, 6) is 0.449. The quantitative estimate of drug-likeness (QED) is 0.678. The van der Waals surface area contributed by atoms with Crippen LogP contribution in [0.5, 0.6) is 5.75 Å². The molecule has 0 saturated heterocycles. The molecule has 0 aliphatic rings. The van der Waals surface area contributed by atoms with E-state index in [0.717, 1.165) is 10.2 Å². The first-order chi connectivity index (χ1) is 11.9. The average Bonchev–Trinajstić information content (AvgIpc) is 2.57. The first-order valence-corrected chi connectivity index (χ1v) is 9.96. The zero-order valence-corrected chi connectivity index (χ0v) is 16.1. The highest BCUT2D eigenvalue weighted by Crippen LogP contribution is 2.16. The first-order valence-electron chi connectivity index (χ1n) is 7.68. The number of sulfonamides is 1. The Morgan fingerprint density at radius 3 is 2.32 bits per heavy atom. The molecule has 0 aliphatic carbocycles. The Bertz CT molecular complexity index is 806. The molecule has 2 aromatic carbocycles. The molecule has 6 nitrogen and oxygen atoms in total. The normalized spacial score (nSPS) is 11.1. The maximum atomic E-state index is 12.1. The van der Waals surface area contributed by atoms with E-state index in [0.29, 0.717) is 12.3 Å². The number of rotatable bonds is 8. The molecule has 134 valence electrons. The average molecular weight is 427 g/mol. The van der Waals surface area contributed by atoms with Gasteiger partial charge in [-0.3, -0.25) is 4.79 Å². The highest BCUT2D eigenvalue weighted by atomic mass is 79.9. The minimum absolute atomic E-state index is 0.0151. The molecule has 0 atom stereocenters. The number of carbonyl (C=O) groups excluding carboxylic acids is 1. The summed E-state index contributed by atoms with van der Waals surface area (Å²) in [5.41, 5.74) is 0.629. The van der Waals surface area contributed by atoms with Crippen LogP contribution < -0.4 is 14.8 Å². The molecule has 0 aliphatic heterocycles. The van der Waals surface area contributed by atoms with E-state index in [1.165, 1.54) is 12.1 Å². The SMILES string of the molecule is CCOc1ccc(NC(=O)CCNS(=O)(=O)c2ccc(Br)cc2)cc1. The van der Waals surface area contributed by atoms with Gasteiger partial charge in [0.05, 0.1) is 11.5 Å². The summed E-state index contributed by atoms with van der Waals surface area (Å²) in [5, 5.41) is 2.71. The van der Waals surface area contributed by atoms with Crippen LogP contribution in [0, 0.1) is 0 Å². The van der Waals surface area contributed by atoms with Crippen molar-refractivity contribution in [3.8, 4) is 5.75 Å². The standard InChI is InChI=1S/C17H19BrN2O4S/c1-2-24-15-7-5-14(6-8-15)20-17(21)11-12-19-25(22,23)16-9-3-13(18)4-10-16/h3-10,19H,2,11-12H2,1H3,(H,20,21). The second-order valence-electron chi connectivity index (χ2n) is 5.11. The van der Waals surface area contributed by atoms with Gasteiger partial charge in [0, 0.05) is 23.1 Å². The summed E-state index contributed by atoms with van der Waals surface area (Å²) in [6.45, 7) is 2.48. The maximum Gasteiger partial charge on any atom is 0.240 e. The summed E-state index contributed by atoms with van der Waals surface area (Å²) >= 11 is 3.25. The number of benzene rings is 2. The van der Waals surface area contributed by atoms with E-state index in [1.54, 1.807) is 36.4 Å². The molecule has 2 rings (SSSR count). The zero-order valence-electron chi connectivity index (χ0n) is 13.7. The fourth-order valence-electron chi connectivity index (χ4n) is 2.02. The number of carbonyl (C=O) groups is 1. The summed E-state index contributed by atoms with van der Waals surface area (Å²) < 4.78 is 32.8. The third-order valence-corrected chi connectivity index (χ3v) is 5.22. The molecule has 0 unspecified atom stereocenters. The number of ether oxygens (including phenoxy) is 1. The Morgan fingerprint density at radius 2 is 1.72 bits per heavy atom. The summed E-state index contributed by atoms with van der Waals surface area (Å²) in [4.78, 5) is 12.1. The van der Waals surface area contributed by atoms with Crippen molar-refractivity contribution in [2.75, 3.05) is 18.5 Å². The van der Waals surface area contributed by atoms with Crippen molar-refractivity contribution in [2.24, 2.45) is 0 Å². The summed E-state index contributed by atoms with van der Waals surface area (Å²) in [7, 11) is -3.62. The van der Waals surface area contributed by atoms with Crippen molar-refractivity contribution >= 4 is 37.5 Å². The molecular weight excluding hydrogens is 408 g/mol. The van der Waals surface area contributed by atoms with Gasteiger partial charge < -0.3 is 10.1 Å². The van der Waals surface area contributed by atoms with Crippen LogP contribution in [0.3, 0.4) is 0 Å². The highest BCUT2D eigenvalue weighted by Gasteiger charge is 2.14. The van der Waals surface area contributed by atoms with E-state index in [2.05, 4.69) is 26.0 Å². The lowest BCUT2D eigenvalue weighted by Gasteiger charge is -2.08. The molecule has 0 radical (unpaired) electrons. The smallest absolute Gasteiger partial charge is 0.240 e.